The van der Waals surface area contributed by atoms with Crippen molar-refractivity contribution in [1.82, 2.24) is 0 Å². The Morgan fingerprint density at radius 3 is 2.40 bits per heavy atom. The maximum absolute atomic E-state index is 5.80. The Morgan fingerprint density at radius 2 is 1.90 bits per heavy atom. The first kappa shape index (κ1) is 9.10. The van der Waals surface area contributed by atoms with E-state index in [1.807, 2.05) is 6.07 Å². The summed E-state index contributed by atoms with van der Waals surface area (Å²) < 4.78 is 1.93. The van der Waals surface area contributed by atoms with Gasteiger partial charge in [0.2, 0.25) is 0 Å². The van der Waals surface area contributed by atoms with Crippen molar-refractivity contribution >= 4 is 61.7 Å². The quantitative estimate of drug-likeness (QED) is 0.370. The zero-order valence-corrected chi connectivity index (χ0v) is 9.92. The third-order valence-corrected chi connectivity index (χ3v) is 4.31. The monoisotopic (exact) mass is 350 g/mol. The van der Waals surface area contributed by atoms with Gasteiger partial charge in [0, 0.05) is 13.1 Å². The number of hydrogen-bond donors (Lipinski definition) is 0. The molecule has 0 aromatic heterocycles. The first-order valence-electron chi connectivity index (χ1n) is 2.41. The molecular weight excluding hydrogens is 350 g/mol. The Kier molecular flexibility index (Phi) is 3.28. The van der Waals surface area contributed by atoms with Crippen LogP contribution in [0.4, 0.5) is 0 Å². The van der Waals surface area contributed by atoms with Crippen LogP contribution < -0.4 is 0 Å². The molecule has 0 spiro atoms. The van der Waals surface area contributed by atoms with Gasteiger partial charge in [0.05, 0.1) is 5.02 Å². The number of hydrogen-bond acceptors (Lipinski definition) is 0. The minimum atomic E-state index is 0.650. The van der Waals surface area contributed by atoms with E-state index in [1.54, 1.807) is 6.07 Å². The van der Waals surface area contributed by atoms with E-state index in [9.17, 15) is 0 Å². The van der Waals surface area contributed by atoms with Crippen LogP contribution in [0.5, 0.6) is 0 Å². The fourth-order valence-electron chi connectivity index (χ4n) is 0.525. The SMILES string of the molecule is Clc1cc(Cl)c(I)c(Br)c1. The maximum atomic E-state index is 5.80. The smallest absolute Gasteiger partial charge is 0.0565 e. The molecule has 0 amide bonds. The van der Waals surface area contributed by atoms with Crippen molar-refractivity contribution in [1.29, 1.82) is 0 Å². The minimum Gasteiger partial charge on any atom is -0.0842 e. The highest BCUT2D eigenvalue weighted by Gasteiger charge is 2.02. The van der Waals surface area contributed by atoms with Crippen molar-refractivity contribution in [3.8, 4) is 0 Å². The molecule has 1 aromatic rings. The van der Waals surface area contributed by atoms with Crippen molar-refractivity contribution in [3.63, 3.8) is 0 Å². The van der Waals surface area contributed by atoms with E-state index in [4.69, 9.17) is 23.2 Å². The van der Waals surface area contributed by atoms with E-state index in [2.05, 4.69) is 38.5 Å². The van der Waals surface area contributed by atoms with Crippen molar-refractivity contribution in [2.24, 2.45) is 0 Å². The molecule has 0 heterocycles. The van der Waals surface area contributed by atoms with Gasteiger partial charge in [-0.05, 0) is 50.7 Å². The molecule has 1 rings (SSSR count). The number of benzene rings is 1. The fourth-order valence-corrected chi connectivity index (χ4v) is 2.04. The molecule has 0 fully saturated rings. The van der Waals surface area contributed by atoms with Gasteiger partial charge < -0.3 is 0 Å². The lowest BCUT2D eigenvalue weighted by Crippen LogP contribution is -1.76. The third kappa shape index (κ3) is 2.00. The molecule has 0 bridgehead atoms. The summed E-state index contributed by atoms with van der Waals surface area (Å²) in [5, 5.41) is 1.33. The van der Waals surface area contributed by atoms with Crippen LogP contribution >= 0.6 is 61.7 Å². The van der Waals surface area contributed by atoms with Crippen molar-refractivity contribution < 1.29 is 0 Å². The van der Waals surface area contributed by atoms with E-state index >= 15 is 0 Å². The average Bonchev–Trinajstić information content (AvgIpc) is 1.82. The van der Waals surface area contributed by atoms with Crippen LogP contribution in [0, 0.1) is 3.57 Å². The molecule has 0 radical (unpaired) electrons. The van der Waals surface area contributed by atoms with Crippen LogP contribution in [0.15, 0.2) is 16.6 Å². The Morgan fingerprint density at radius 1 is 1.30 bits per heavy atom. The van der Waals surface area contributed by atoms with Crippen LogP contribution in [0.3, 0.4) is 0 Å². The van der Waals surface area contributed by atoms with E-state index < -0.39 is 0 Å². The molecule has 0 saturated carbocycles. The molecule has 0 atom stereocenters. The lowest BCUT2D eigenvalue weighted by molar-refractivity contribution is 1.58. The van der Waals surface area contributed by atoms with E-state index in [0.29, 0.717) is 10.0 Å². The maximum Gasteiger partial charge on any atom is 0.0565 e. The van der Waals surface area contributed by atoms with Gasteiger partial charge in [0.1, 0.15) is 0 Å². The highest BCUT2D eigenvalue weighted by atomic mass is 127. The van der Waals surface area contributed by atoms with Gasteiger partial charge >= 0.3 is 0 Å². The van der Waals surface area contributed by atoms with Gasteiger partial charge in [-0.15, -0.1) is 0 Å². The Balaban J connectivity index is 3.31. The van der Waals surface area contributed by atoms with Crippen LogP contribution in [-0.4, -0.2) is 0 Å². The largest absolute Gasteiger partial charge is 0.0842 e. The first-order valence-corrected chi connectivity index (χ1v) is 5.04. The summed E-state index contributed by atoms with van der Waals surface area (Å²) in [6, 6.07) is 3.53. The normalized spacial score (nSPS) is 10.0. The molecule has 10 heavy (non-hydrogen) atoms. The molecule has 0 unspecified atom stereocenters. The second-order valence-corrected chi connectivity index (χ2v) is 4.46. The molecule has 54 valence electrons. The van der Waals surface area contributed by atoms with E-state index in [0.717, 1.165) is 8.04 Å². The average molecular weight is 352 g/mol. The number of rotatable bonds is 0. The topological polar surface area (TPSA) is 0 Å². The van der Waals surface area contributed by atoms with Gasteiger partial charge in [0.15, 0.2) is 0 Å². The van der Waals surface area contributed by atoms with Crippen LogP contribution in [0.1, 0.15) is 0 Å². The highest BCUT2D eigenvalue weighted by molar-refractivity contribution is 14.1. The molecule has 0 aliphatic heterocycles. The summed E-state index contributed by atoms with van der Waals surface area (Å²) >= 11 is 17.0. The second-order valence-electron chi connectivity index (χ2n) is 1.68. The van der Waals surface area contributed by atoms with Gasteiger partial charge in [-0.3, -0.25) is 0 Å². The zero-order chi connectivity index (χ0) is 7.72. The Hall–Kier alpha value is 1.01. The Bertz CT molecular complexity index is 239. The van der Waals surface area contributed by atoms with Gasteiger partial charge in [-0.25, -0.2) is 0 Å². The molecule has 0 N–H and O–H groups in total. The number of halogens is 4. The fraction of sp³-hybridized carbons (Fsp3) is 0. The standard InChI is InChI=1S/C6H2BrCl2I/c7-4-1-3(8)2-5(9)6(4)10/h1-2H. The van der Waals surface area contributed by atoms with Gasteiger partial charge in [0.25, 0.3) is 0 Å². The highest BCUT2D eigenvalue weighted by Crippen LogP contribution is 2.29. The summed E-state index contributed by atoms with van der Waals surface area (Å²) in [6.07, 6.45) is 0. The molecule has 0 nitrogen and oxygen atoms in total. The third-order valence-electron chi connectivity index (χ3n) is 0.949. The van der Waals surface area contributed by atoms with Crippen LogP contribution in [-0.2, 0) is 0 Å². The zero-order valence-electron chi connectivity index (χ0n) is 4.67. The molecule has 0 aliphatic carbocycles. The lowest BCUT2D eigenvalue weighted by Gasteiger charge is -1.98. The second kappa shape index (κ2) is 3.61. The van der Waals surface area contributed by atoms with E-state index in [1.165, 1.54) is 0 Å². The van der Waals surface area contributed by atoms with Gasteiger partial charge in [-0.1, -0.05) is 23.2 Å². The first-order chi connectivity index (χ1) is 4.61. The van der Waals surface area contributed by atoms with Crippen LogP contribution in [0.25, 0.3) is 0 Å². The lowest BCUT2D eigenvalue weighted by atomic mass is 10.4. The molecule has 1 aromatic carbocycles. The summed E-state index contributed by atoms with van der Waals surface area (Å²) in [5.41, 5.74) is 0. The molecule has 4 heteroatoms. The Labute approximate surface area is 91.2 Å². The van der Waals surface area contributed by atoms with E-state index in [-0.39, 0.29) is 0 Å². The minimum absolute atomic E-state index is 0.650. The van der Waals surface area contributed by atoms with Gasteiger partial charge in [-0.2, -0.15) is 0 Å². The summed E-state index contributed by atoms with van der Waals surface area (Å²) in [4.78, 5) is 0. The van der Waals surface area contributed by atoms with Crippen molar-refractivity contribution in [2.45, 2.75) is 0 Å². The van der Waals surface area contributed by atoms with Crippen molar-refractivity contribution in [3.05, 3.63) is 30.2 Å². The molecular formula is C6H2BrCl2I. The molecule has 0 saturated heterocycles. The molecule has 0 aliphatic rings. The summed E-state index contributed by atoms with van der Waals surface area (Å²) in [5.74, 6) is 0. The van der Waals surface area contributed by atoms with Crippen LogP contribution in [0.2, 0.25) is 10.0 Å². The predicted molar refractivity (Wildman–Crippen MR) is 56.9 cm³/mol. The summed E-state index contributed by atoms with van der Waals surface area (Å²) in [7, 11) is 0. The predicted octanol–water partition coefficient (Wildman–Crippen LogP) is 4.36. The van der Waals surface area contributed by atoms with Crippen molar-refractivity contribution in [2.75, 3.05) is 0 Å². The summed E-state index contributed by atoms with van der Waals surface area (Å²) in [6.45, 7) is 0.